The number of anilines is 2. The van der Waals surface area contributed by atoms with Crippen LogP contribution in [0.2, 0.25) is 10.0 Å². The highest BCUT2D eigenvalue weighted by Gasteiger charge is 2.53. The van der Waals surface area contributed by atoms with E-state index in [0.717, 1.165) is 11.4 Å². The third-order valence-electron chi connectivity index (χ3n) is 5.15. The highest BCUT2D eigenvalue weighted by atomic mass is 79.9. The Morgan fingerprint density at radius 2 is 1.79 bits per heavy atom. The topological polar surface area (TPSA) is 80.3 Å². The van der Waals surface area contributed by atoms with Gasteiger partial charge in [-0.2, -0.15) is 0 Å². The van der Waals surface area contributed by atoms with E-state index >= 15 is 0 Å². The van der Waals surface area contributed by atoms with Crippen LogP contribution in [0, 0.1) is 5.41 Å². The smallest absolute Gasteiger partial charge is 0.258 e. The molecule has 1 saturated heterocycles. The molecule has 0 atom stereocenters. The highest BCUT2D eigenvalue weighted by Crippen LogP contribution is 2.52. The highest BCUT2D eigenvalue weighted by molar-refractivity contribution is 9.12. The molecule has 1 aliphatic heterocycles. The van der Waals surface area contributed by atoms with Gasteiger partial charge in [0.1, 0.15) is 0 Å². The molecule has 150 valence electrons. The maximum Gasteiger partial charge on any atom is 0.258 e. The molecular formula is C20H16BrCl2N3O3. The third kappa shape index (κ3) is 3.68. The Balaban J connectivity index is 1.54. The molecule has 1 aromatic heterocycles. The summed E-state index contributed by atoms with van der Waals surface area (Å²) < 4.78 is 5.97. The maximum atomic E-state index is 12.6. The number of rotatable bonds is 4. The number of pyridine rings is 1. The number of carbonyl (C=O) groups excluding carboxylic acids is 2. The Bertz CT molecular complexity index is 1020. The van der Waals surface area contributed by atoms with Crippen LogP contribution in [-0.2, 0) is 9.53 Å². The minimum atomic E-state index is -0.519. The van der Waals surface area contributed by atoms with Crippen LogP contribution in [0.25, 0.3) is 0 Å². The summed E-state index contributed by atoms with van der Waals surface area (Å²) in [5, 5.41) is 6.48. The number of benzene rings is 1. The molecule has 2 aromatic rings. The second kappa shape index (κ2) is 8.07. The van der Waals surface area contributed by atoms with Gasteiger partial charge in [0.05, 0.1) is 25.5 Å². The van der Waals surface area contributed by atoms with E-state index in [4.69, 9.17) is 27.9 Å². The molecule has 1 spiro atoms. The van der Waals surface area contributed by atoms with Crippen LogP contribution in [0.3, 0.4) is 0 Å². The van der Waals surface area contributed by atoms with Crippen molar-refractivity contribution in [1.29, 1.82) is 0 Å². The number of allylic oxidation sites excluding steroid dienone is 2. The lowest BCUT2D eigenvalue weighted by molar-refractivity contribution is -0.129. The predicted octanol–water partition coefficient (Wildman–Crippen LogP) is 5.04. The van der Waals surface area contributed by atoms with Gasteiger partial charge in [-0.15, -0.1) is 0 Å². The van der Waals surface area contributed by atoms with E-state index in [-0.39, 0.29) is 21.4 Å². The Morgan fingerprint density at radius 3 is 2.48 bits per heavy atom. The first-order valence-corrected chi connectivity index (χ1v) is 10.5. The van der Waals surface area contributed by atoms with Gasteiger partial charge in [0.15, 0.2) is 5.78 Å². The van der Waals surface area contributed by atoms with Gasteiger partial charge in [0, 0.05) is 42.7 Å². The van der Waals surface area contributed by atoms with Crippen LogP contribution in [0.15, 0.2) is 46.8 Å². The number of nitrogens with one attached hydrogen (secondary N) is 2. The number of ether oxygens (including phenoxy) is 1. The van der Waals surface area contributed by atoms with Crippen LogP contribution in [-0.4, -0.2) is 29.9 Å². The van der Waals surface area contributed by atoms with E-state index in [2.05, 4.69) is 31.5 Å². The summed E-state index contributed by atoms with van der Waals surface area (Å²) in [7, 11) is 0. The molecule has 1 aliphatic carbocycles. The van der Waals surface area contributed by atoms with Crippen molar-refractivity contribution in [2.45, 2.75) is 12.8 Å². The van der Waals surface area contributed by atoms with E-state index in [1.807, 2.05) is 6.07 Å². The van der Waals surface area contributed by atoms with Crippen LogP contribution in [0.4, 0.5) is 11.4 Å². The summed E-state index contributed by atoms with van der Waals surface area (Å²) >= 11 is 15.5. The summed E-state index contributed by atoms with van der Waals surface area (Å²) in [5.41, 5.74) is 1.81. The Labute approximate surface area is 185 Å². The number of carbonyl (C=O) groups is 2. The van der Waals surface area contributed by atoms with Gasteiger partial charge in [-0.1, -0.05) is 29.3 Å². The molecule has 1 fully saturated rings. The monoisotopic (exact) mass is 495 g/mol. The number of amides is 1. The van der Waals surface area contributed by atoms with Crippen molar-refractivity contribution < 1.29 is 14.3 Å². The Kier molecular flexibility index (Phi) is 5.66. The number of aromatic nitrogens is 1. The summed E-state index contributed by atoms with van der Waals surface area (Å²) in [6.07, 6.45) is 4.04. The average Bonchev–Trinajstić information content (AvgIpc) is 2.72. The van der Waals surface area contributed by atoms with Gasteiger partial charge in [0.2, 0.25) is 0 Å². The molecule has 0 radical (unpaired) electrons. The third-order valence-corrected chi connectivity index (χ3v) is 6.48. The fourth-order valence-corrected chi connectivity index (χ4v) is 4.99. The van der Waals surface area contributed by atoms with E-state index in [1.54, 1.807) is 18.2 Å². The van der Waals surface area contributed by atoms with E-state index < -0.39 is 11.3 Å². The van der Waals surface area contributed by atoms with Gasteiger partial charge in [0.25, 0.3) is 5.91 Å². The average molecular weight is 497 g/mol. The number of ketones is 1. The molecule has 4 rings (SSSR count). The molecule has 2 aliphatic rings. The molecule has 2 N–H and O–H groups in total. The van der Waals surface area contributed by atoms with E-state index in [9.17, 15) is 9.59 Å². The number of hydrogen-bond donors (Lipinski definition) is 2. The summed E-state index contributed by atoms with van der Waals surface area (Å²) in [5.74, 6) is -0.325. The molecule has 0 unspecified atom stereocenters. The zero-order valence-corrected chi connectivity index (χ0v) is 18.2. The maximum absolute atomic E-state index is 12.6. The molecular weight excluding hydrogens is 481 g/mol. The van der Waals surface area contributed by atoms with Crippen molar-refractivity contribution in [3.63, 3.8) is 0 Å². The summed E-state index contributed by atoms with van der Waals surface area (Å²) in [6.45, 7) is 1.11. The number of nitrogens with zero attached hydrogens (tertiary/aromatic N) is 1. The van der Waals surface area contributed by atoms with Gasteiger partial charge < -0.3 is 15.4 Å². The van der Waals surface area contributed by atoms with Crippen LogP contribution < -0.4 is 10.6 Å². The van der Waals surface area contributed by atoms with Crippen molar-refractivity contribution >= 4 is 62.2 Å². The van der Waals surface area contributed by atoms with Crippen molar-refractivity contribution in [3.8, 4) is 0 Å². The van der Waals surface area contributed by atoms with Crippen molar-refractivity contribution in [3.05, 3.63) is 62.4 Å². The molecule has 2 heterocycles. The Morgan fingerprint density at radius 1 is 1.14 bits per heavy atom. The lowest BCUT2D eigenvalue weighted by Crippen LogP contribution is -2.49. The quantitative estimate of drug-likeness (QED) is 0.619. The van der Waals surface area contributed by atoms with Gasteiger partial charge in [-0.3, -0.25) is 14.6 Å². The number of hydrogen-bond acceptors (Lipinski definition) is 5. The van der Waals surface area contributed by atoms with Crippen molar-refractivity contribution in [2.75, 3.05) is 23.8 Å². The lowest BCUT2D eigenvalue weighted by atomic mass is 9.66. The first-order valence-electron chi connectivity index (χ1n) is 8.92. The second-order valence-electron chi connectivity index (χ2n) is 6.85. The Hall–Kier alpha value is -1.93. The van der Waals surface area contributed by atoms with Gasteiger partial charge in [-0.25, -0.2) is 0 Å². The van der Waals surface area contributed by atoms with Crippen LogP contribution in [0.5, 0.6) is 0 Å². The van der Waals surface area contributed by atoms with Crippen LogP contribution in [0.1, 0.15) is 23.2 Å². The molecule has 9 heteroatoms. The standard InChI is InChI=1S/C20H16BrCl2N3O3/c21-16-17(20(18(16)27)4-6-29-7-5-20)25-11-2-1-3-12(8-11)26-19(28)15-13(22)9-24-10-14(15)23/h1-3,8-10,25H,4-7H2,(H,26,28). The number of Topliss-reactive ketones (excluding diaryl/α,β-unsaturated/α-hetero) is 1. The summed E-state index contributed by atoms with van der Waals surface area (Å²) in [6, 6.07) is 7.21. The number of halogens is 3. The minimum Gasteiger partial charge on any atom is -0.381 e. The zero-order chi connectivity index (χ0) is 20.6. The largest absolute Gasteiger partial charge is 0.381 e. The summed E-state index contributed by atoms with van der Waals surface area (Å²) in [4.78, 5) is 28.9. The second-order valence-corrected chi connectivity index (χ2v) is 8.46. The predicted molar refractivity (Wildman–Crippen MR) is 116 cm³/mol. The lowest BCUT2D eigenvalue weighted by Gasteiger charge is -2.45. The SMILES string of the molecule is O=C(Nc1cccc(NC2=C(Br)C(=O)C23CCOCC3)c1)c1c(Cl)cncc1Cl. The molecule has 29 heavy (non-hydrogen) atoms. The first kappa shape index (κ1) is 20.3. The van der Waals surface area contributed by atoms with Crippen molar-refractivity contribution in [2.24, 2.45) is 5.41 Å². The first-order chi connectivity index (χ1) is 13.9. The normalized spacial score (nSPS) is 17.8. The van der Waals surface area contributed by atoms with Gasteiger partial charge >= 0.3 is 0 Å². The van der Waals surface area contributed by atoms with E-state index in [0.29, 0.717) is 36.2 Å². The minimum absolute atomic E-state index is 0.106. The fourth-order valence-electron chi connectivity index (χ4n) is 3.60. The fraction of sp³-hybridized carbons (Fsp3) is 0.250. The molecule has 1 aromatic carbocycles. The van der Waals surface area contributed by atoms with E-state index in [1.165, 1.54) is 12.4 Å². The molecule has 0 saturated carbocycles. The zero-order valence-electron chi connectivity index (χ0n) is 15.1. The van der Waals surface area contributed by atoms with Crippen molar-refractivity contribution in [1.82, 2.24) is 4.98 Å². The molecule has 0 bridgehead atoms. The van der Waals surface area contributed by atoms with Gasteiger partial charge in [-0.05, 0) is 47.0 Å². The molecule has 1 amide bonds. The van der Waals surface area contributed by atoms with Crippen LogP contribution >= 0.6 is 39.1 Å². The molecule has 6 nitrogen and oxygen atoms in total.